The predicted octanol–water partition coefficient (Wildman–Crippen LogP) is 6.09. The van der Waals surface area contributed by atoms with Gasteiger partial charge in [0.25, 0.3) is 0 Å². The molecule has 0 radical (unpaired) electrons. The average molecular weight is 581 g/mol. The Morgan fingerprint density at radius 1 is 0.750 bits per heavy atom. The third-order valence-electron chi connectivity index (χ3n) is 7.57. The number of hydrogen-bond donors (Lipinski definition) is 0. The first-order chi connectivity index (χ1) is 21.1. The number of ether oxygens (including phenoxy) is 1. The topological polar surface area (TPSA) is 113 Å². The van der Waals surface area contributed by atoms with Crippen molar-refractivity contribution >= 4 is 11.3 Å². The SMILES string of the molecule is [C-]#[N+]C([N+]#[C-])=C1Cc2c(-c3ccc(C#N)cc3)c3c(c(-c4ccc(C#N)cc4)c2=C1C)CC(=C(C#N)C#N)C=3OC(F)(F)F. The minimum absolute atomic E-state index is 0.0179. The molecule has 3 aromatic carbocycles. The van der Waals surface area contributed by atoms with Crippen molar-refractivity contribution in [3.63, 3.8) is 0 Å². The Morgan fingerprint density at radius 3 is 1.64 bits per heavy atom. The monoisotopic (exact) mass is 580 g/mol. The quantitative estimate of drug-likeness (QED) is 0.275. The predicted molar refractivity (Wildman–Crippen MR) is 152 cm³/mol. The highest BCUT2D eigenvalue weighted by molar-refractivity contribution is 5.91. The van der Waals surface area contributed by atoms with Gasteiger partial charge in [-0.15, -0.1) is 13.2 Å². The van der Waals surface area contributed by atoms with Crippen LogP contribution in [0.1, 0.15) is 29.2 Å². The summed E-state index contributed by atoms with van der Waals surface area (Å²) in [7, 11) is 0. The summed E-state index contributed by atoms with van der Waals surface area (Å²) in [4.78, 5) is 6.79. The number of benzene rings is 3. The summed E-state index contributed by atoms with van der Waals surface area (Å²) in [5, 5.41) is 38.8. The van der Waals surface area contributed by atoms with Crippen LogP contribution in [0, 0.1) is 58.5 Å². The van der Waals surface area contributed by atoms with Crippen molar-refractivity contribution in [1.82, 2.24) is 0 Å². The summed E-state index contributed by atoms with van der Waals surface area (Å²) in [5.41, 5.74) is 3.52. The van der Waals surface area contributed by atoms with Crippen LogP contribution in [0.2, 0.25) is 0 Å². The zero-order valence-electron chi connectivity index (χ0n) is 22.8. The molecule has 0 bridgehead atoms. The Kier molecular flexibility index (Phi) is 7.23. The Labute approximate surface area is 249 Å². The van der Waals surface area contributed by atoms with Crippen LogP contribution < -0.4 is 10.4 Å². The molecule has 3 aromatic rings. The van der Waals surface area contributed by atoms with Crippen molar-refractivity contribution in [2.24, 2.45) is 0 Å². The van der Waals surface area contributed by atoms with Crippen molar-refractivity contribution in [1.29, 1.82) is 21.0 Å². The molecule has 2 aliphatic rings. The maximum Gasteiger partial charge on any atom is 0.573 e. The van der Waals surface area contributed by atoms with Gasteiger partial charge in [0.15, 0.2) is 0 Å². The number of hydrogen-bond acceptors (Lipinski definition) is 5. The van der Waals surface area contributed by atoms with Crippen molar-refractivity contribution in [2.45, 2.75) is 26.1 Å². The number of rotatable bonds is 3. The number of fused-ring (bicyclic) bond motifs is 2. The van der Waals surface area contributed by atoms with Crippen LogP contribution in [0.5, 0.6) is 0 Å². The van der Waals surface area contributed by atoms with Gasteiger partial charge in [-0.25, -0.2) is 0 Å². The van der Waals surface area contributed by atoms with Crippen LogP contribution in [0.15, 0.2) is 71.1 Å². The summed E-state index contributed by atoms with van der Waals surface area (Å²) < 4.78 is 46.6. The Bertz CT molecular complexity index is 2200. The summed E-state index contributed by atoms with van der Waals surface area (Å²) in [6.45, 7) is 16.9. The lowest BCUT2D eigenvalue weighted by Gasteiger charge is -2.17. The Hall–Kier alpha value is -6.59. The zero-order chi connectivity index (χ0) is 31.8. The van der Waals surface area contributed by atoms with Gasteiger partial charge in [-0.3, -0.25) is 0 Å². The first kappa shape index (κ1) is 28.9. The number of alkyl halides is 3. The van der Waals surface area contributed by atoms with Gasteiger partial charge < -0.3 is 4.74 Å². The van der Waals surface area contributed by atoms with Gasteiger partial charge in [-0.05, 0) is 81.8 Å². The lowest BCUT2D eigenvalue weighted by Crippen LogP contribution is -2.26. The maximum atomic E-state index is 14.0. The molecule has 44 heavy (non-hydrogen) atoms. The van der Waals surface area contributed by atoms with Crippen LogP contribution in [0.3, 0.4) is 0 Å². The van der Waals surface area contributed by atoms with Crippen molar-refractivity contribution in [3.8, 4) is 46.5 Å². The summed E-state index contributed by atoms with van der Waals surface area (Å²) >= 11 is 0. The normalized spacial score (nSPS) is 13.0. The molecule has 0 atom stereocenters. The van der Waals surface area contributed by atoms with Gasteiger partial charge in [0.1, 0.15) is 36.6 Å². The summed E-state index contributed by atoms with van der Waals surface area (Å²) in [6, 6.07) is 20.1. The zero-order valence-corrected chi connectivity index (χ0v) is 22.8. The largest absolute Gasteiger partial charge is 0.573 e. The molecular formula is C34H15F3N6O. The van der Waals surface area contributed by atoms with Crippen molar-refractivity contribution in [2.75, 3.05) is 0 Å². The molecule has 0 amide bonds. The van der Waals surface area contributed by atoms with Gasteiger partial charge in [0, 0.05) is 17.2 Å². The van der Waals surface area contributed by atoms with E-state index in [1.807, 2.05) is 12.1 Å². The summed E-state index contributed by atoms with van der Waals surface area (Å²) in [5.74, 6) is -0.865. The lowest BCUT2D eigenvalue weighted by molar-refractivity contribution is -0.290. The minimum Gasteiger partial charge on any atom is -0.405 e. The van der Waals surface area contributed by atoms with Crippen LogP contribution in [0.4, 0.5) is 13.2 Å². The molecule has 0 spiro atoms. The fourth-order valence-electron chi connectivity index (χ4n) is 5.80. The molecule has 0 fully saturated rings. The fourth-order valence-corrected chi connectivity index (χ4v) is 5.80. The van der Waals surface area contributed by atoms with Gasteiger partial charge >= 0.3 is 12.2 Å². The third-order valence-corrected chi connectivity index (χ3v) is 7.57. The van der Waals surface area contributed by atoms with E-state index in [1.54, 1.807) is 55.5 Å². The smallest absolute Gasteiger partial charge is 0.405 e. The van der Waals surface area contributed by atoms with Crippen LogP contribution in [-0.4, -0.2) is 6.36 Å². The van der Waals surface area contributed by atoms with Crippen molar-refractivity contribution in [3.05, 3.63) is 127 Å². The second-order valence-electron chi connectivity index (χ2n) is 9.79. The second kappa shape index (κ2) is 11.0. The molecule has 0 N–H and O–H groups in total. The molecule has 0 aliphatic heterocycles. The molecule has 0 heterocycles. The molecule has 5 rings (SSSR count). The molecule has 10 heteroatoms. The highest BCUT2D eigenvalue weighted by Gasteiger charge is 2.40. The Balaban J connectivity index is 2.11. The fraction of sp³-hybridized carbons (Fsp3) is 0.118. The van der Waals surface area contributed by atoms with E-state index in [0.29, 0.717) is 60.9 Å². The van der Waals surface area contributed by atoms with Gasteiger partial charge in [0.2, 0.25) is 0 Å². The lowest BCUT2D eigenvalue weighted by atomic mass is 9.86. The minimum atomic E-state index is -5.18. The van der Waals surface area contributed by atoms with Crippen LogP contribution >= 0.6 is 0 Å². The van der Waals surface area contributed by atoms with Gasteiger partial charge in [-0.2, -0.15) is 30.7 Å². The van der Waals surface area contributed by atoms with Gasteiger partial charge in [0.05, 0.1) is 28.8 Å². The molecule has 0 saturated heterocycles. The number of halogens is 3. The van der Waals surface area contributed by atoms with E-state index in [9.17, 15) is 34.2 Å². The van der Waals surface area contributed by atoms with E-state index in [2.05, 4.69) is 14.4 Å². The van der Waals surface area contributed by atoms with Crippen molar-refractivity contribution < 1.29 is 17.9 Å². The van der Waals surface area contributed by atoms with E-state index in [0.717, 1.165) is 0 Å². The number of nitrogens with zero attached hydrogens (tertiary/aromatic N) is 6. The van der Waals surface area contributed by atoms with Crippen LogP contribution in [0.25, 0.3) is 43.3 Å². The van der Waals surface area contributed by atoms with Crippen LogP contribution in [-0.2, 0) is 17.6 Å². The molecule has 0 unspecified atom stereocenters. The van der Waals surface area contributed by atoms with Gasteiger partial charge in [-0.1, -0.05) is 24.3 Å². The molecule has 0 saturated carbocycles. The Morgan fingerprint density at radius 2 is 1.20 bits per heavy atom. The standard InChI is InChI=1S/C34H15F3N6O/c1-18-24(33(42-2)43-3)12-26-28(18)29(21-8-4-19(14-38)5-9-21)27-13-25(23(16-40)17-41)32(44-34(35,36)37)31(27)30(26)22-10-6-20(15-39)7-11-22/h4-11H,12-13H2,1H3. The molecule has 7 nitrogen and oxygen atoms in total. The maximum absolute atomic E-state index is 14.0. The first-order valence-corrected chi connectivity index (χ1v) is 12.8. The molecule has 0 aromatic heterocycles. The molecule has 2 aliphatic carbocycles. The average Bonchev–Trinajstić information content (AvgIpc) is 3.54. The third kappa shape index (κ3) is 4.70. The molecular weight excluding hydrogens is 565 g/mol. The van der Waals surface area contributed by atoms with E-state index in [4.69, 9.17) is 13.1 Å². The van der Waals surface area contributed by atoms with E-state index in [-0.39, 0.29) is 29.5 Å². The highest BCUT2D eigenvalue weighted by atomic mass is 19.4. The second-order valence-corrected chi connectivity index (χ2v) is 9.79. The number of allylic oxidation sites excluding steroid dienone is 2. The van der Waals surface area contributed by atoms with E-state index < -0.39 is 17.7 Å². The highest BCUT2D eigenvalue weighted by Crippen LogP contribution is 2.41. The van der Waals surface area contributed by atoms with E-state index in [1.165, 1.54) is 12.1 Å². The summed E-state index contributed by atoms with van der Waals surface area (Å²) in [6.07, 6.45) is -5.40. The molecule has 208 valence electrons. The number of nitriles is 4. The first-order valence-electron chi connectivity index (χ1n) is 12.8. The van der Waals surface area contributed by atoms with E-state index >= 15 is 0 Å².